The summed E-state index contributed by atoms with van der Waals surface area (Å²) < 4.78 is 5.15. The van der Waals surface area contributed by atoms with Crippen LogP contribution in [0, 0.1) is 23.7 Å². The molecule has 0 spiro atoms. The molecular formula is C26H22Cl2N2O5. The van der Waals surface area contributed by atoms with Crippen molar-refractivity contribution in [1.29, 1.82) is 0 Å². The lowest BCUT2D eigenvalue weighted by molar-refractivity contribution is -0.157. The first-order valence-corrected chi connectivity index (χ1v) is 12.0. The molecule has 35 heavy (non-hydrogen) atoms. The standard InChI is InChI=1S/C26H22Cl2N2O5/c1-13(23(31)14-5-8-18(35-2)9-6-14)29(24(32)19-10-7-17(27)12-20(19)28)30-25(33)21-15-3-4-16(11-15)22(21)26(30)34/h3-10,12-13,15-16,21-22H,11H2,1-2H3/t13-,15-,16+,21-,22+/m1/s1. The number of benzene rings is 2. The summed E-state index contributed by atoms with van der Waals surface area (Å²) in [6.45, 7) is 1.50. The van der Waals surface area contributed by atoms with Crippen LogP contribution < -0.4 is 4.74 Å². The van der Waals surface area contributed by atoms with Crippen LogP contribution in [0.3, 0.4) is 0 Å². The Labute approximate surface area is 212 Å². The van der Waals surface area contributed by atoms with E-state index in [0.717, 1.165) is 16.4 Å². The van der Waals surface area contributed by atoms with Gasteiger partial charge in [0.1, 0.15) is 11.8 Å². The quantitative estimate of drug-likeness (QED) is 0.324. The van der Waals surface area contributed by atoms with Gasteiger partial charge in [0.25, 0.3) is 17.7 Å². The molecule has 0 N–H and O–H groups in total. The molecule has 2 fully saturated rings. The van der Waals surface area contributed by atoms with Crippen molar-refractivity contribution >= 4 is 46.7 Å². The van der Waals surface area contributed by atoms with Crippen molar-refractivity contribution in [3.63, 3.8) is 0 Å². The van der Waals surface area contributed by atoms with Crippen LogP contribution in [0.25, 0.3) is 0 Å². The molecule has 3 aliphatic rings. The van der Waals surface area contributed by atoms with E-state index in [1.807, 2.05) is 12.2 Å². The monoisotopic (exact) mass is 512 g/mol. The van der Waals surface area contributed by atoms with Crippen LogP contribution in [0.2, 0.25) is 10.0 Å². The number of allylic oxidation sites excluding steroid dienone is 2. The summed E-state index contributed by atoms with van der Waals surface area (Å²) in [5, 5.41) is 2.22. The molecule has 2 aromatic carbocycles. The Hall–Kier alpha value is -3.16. The van der Waals surface area contributed by atoms with E-state index < -0.39 is 41.4 Å². The molecule has 5 rings (SSSR count). The fourth-order valence-electron chi connectivity index (χ4n) is 5.43. The van der Waals surface area contributed by atoms with Gasteiger partial charge in [-0.3, -0.25) is 19.2 Å². The Morgan fingerprint density at radius 3 is 2.14 bits per heavy atom. The molecular weight excluding hydrogens is 491 g/mol. The number of rotatable bonds is 6. The number of methoxy groups -OCH3 is 1. The summed E-state index contributed by atoms with van der Waals surface area (Å²) in [5.74, 6) is -2.70. The summed E-state index contributed by atoms with van der Waals surface area (Å²) in [7, 11) is 1.51. The largest absolute Gasteiger partial charge is 0.497 e. The third kappa shape index (κ3) is 3.74. The summed E-state index contributed by atoms with van der Waals surface area (Å²) >= 11 is 12.3. The van der Waals surface area contributed by atoms with E-state index in [1.54, 1.807) is 24.3 Å². The SMILES string of the molecule is COc1ccc(C(=O)[C@@H](C)N(C(=O)c2ccc(Cl)cc2Cl)N2C(=O)[C@@H]3[C@H](C2=O)[C@@H]2C=C[C@H]3C2)cc1. The minimum Gasteiger partial charge on any atom is -0.497 e. The van der Waals surface area contributed by atoms with Crippen LogP contribution in [0.15, 0.2) is 54.6 Å². The van der Waals surface area contributed by atoms with Crippen LogP contribution in [0.5, 0.6) is 5.75 Å². The lowest BCUT2D eigenvalue weighted by Gasteiger charge is -2.35. The van der Waals surface area contributed by atoms with Gasteiger partial charge >= 0.3 is 0 Å². The van der Waals surface area contributed by atoms with Crippen LogP contribution in [-0.2, 0) is 9.59 Å². The highest BCUT2D eigenvalue weighted by Crippen LogP contribution is 2.53. The minimum absolute atomic E-state index is 0.0317. The van der Waals surface area contributed by atoms with Crippen LogP contribution in [0.4, 0.5) is 0 Å². The first-order valence-electron chi connectivity index (χ1n) is 11.3. The number of hydrazine groups is 1. The maximum atomic E-state index is 13.8. The topological polar surface area (TPSA) is 84.0 Å². The molecule has 180 valence electrons. The number of nitrogens with zero attached hydrogens (tertiary/aromatic N) is 2. The van der Waals surface area contributed by atoms with Gasteiger partial charge in [0, 0.05) is 10.6 Å². The van der Waals surface area contributed by atoms with Gasteiger partial charge in [-0.05, 0) is 67.6 Å². The maximum Gasteiger partial charge on any atom is 0.275 e. The highest BCUT2D eigenvalue weighted by Gasteiger charge is 2.61. The van der Waals surface area contributed by atoms with E-state index in [0.29, 0.717) is 16.3 Å². The zero-order valence-corrected chi connectivity index (χ0v) is 20.5. The molecule has 9 heteroatoms. The fourth-order valence-corrected chi connectivity index (χ4v) is 5.92. The predicted octanol–water partition coefficient (Wildman–Crippen LogP) is 4.44. The molecule has 0 aromatic heterocycles. The highest BCUT2D eigenvalue weighted by atomic mass is 35.5. The zero-order chi connectivity index (χ0) is 25.0. The summed E-state index contributed by atoms with van der Waals surface area (Å²) in [5.41, 5.74) is 0.337. The first kappa shape index (κ1) is 23.6. The number of amides is 3. The van der Waals surface area contributed by atoms with E-state index in [1.165, 1.54) is 32.2 Å². The fraction of sp³-hybridized carbons (Fsp3) is 0.308. The summed E-state index contributed by atoms with van der Waals surface area (Å²) in [6.07, 6.45) is 4.68. The van der Waals surface area contributed by atoms with E-state index >= 15 is 0 Å². The van der Waals surface area contributed by atoms with Gasteiger partial charge < -0.3 is 4.74 Å². The van der Waals surface area contributed by atoms with E-state index in [2.05, 4.69) is 0 Å². The van der Waals surface area contributed by atoms with Gasteiger partial charge in [-0.15, -0.1) is 0 Å². The molecule has 1 saturated carbocycles. The van der Waals surface area contributed by atoms with Gasteiger partial charge in [-0.25, -0.2) is 5.01 Å². The Morgan fingerprint density at radius 1 is 1.00 bits per heavy atom. The van der Waals surface area contributed by atoms with Crippen molar-refractivity contribution in [3.8, 4) is 5.75 Å². The first-order chi connectivity index (χ1) is 16.7. The second-order valence-electron chi connectivity index (χ2n) is 9.03. The molecule has 3 amide bonds. The number of fused-ring (bicyclic) bond motifs is 5. The Morgan fingerprint density at radius 2 is 1.60 bits per heavy atom. The second-order valence-corrected chi connectivity index (χ2v) is 9.87. The Balaban J connectivity index is 1.55. The molecule has 0 radical (unpaired) electrons. The number of ketones is 1. The Kier molecular flexibility index (Phi) is 5.93. The van der Waals surface area contributed by atoms with Crippen molar-refractivity contribution in [2.45, 2.75) is 19.4 Å². The zero-order valence-electron chi connectivity index (χ0n) is 19.0. The molecule has 2 aliphatic carbocycles. The van der Waals surface area contributed by atoms with E-state index in [9.17, 15) is 19.2 Å². The lowest BCUT2D eigenvalue weighted by Crippen LogP contribution is -2.57. The molecule has 1 saturated heterocycles. The average molecular weight is 513 g/mol. The molecule has 7 nitrogen and oxygen atoms in total. The van der Waals surface area contributed by atoms with Crippen LogP contribution in [-0.4, -0.2) is 46.7 Å². The number of imide groups is 1. The van der Waals surface area contributed by atoms with Crippen molar-refractivity contribution in [3.05, 3.63) is 75.8 Å². The number of halogens is 2. The van der Waals surface area contributed by atoms with Gasteiger partial charge in [-0.1, -0.05) is 35.4 Å². The van der Waals surface area contributed by atoms with E-state index in [4.69, 9.17) is 27.9 Å². The van der Waals surface area contributed by atoms with Crippen molar-refractivity contribution in [2.24, 2.45) is 23.7 Å². The van der Waals surface area contributed by atoms with Crippen LogP contribution >= 0.6 is 23.2 Å². The smallest absolute Gasteiger partial charge is 0.275 e. The third-order valence-electron chi connectivity index (χ3n) is 7.15. The predicted molar refractivity (Wildman–Crippen MR) is 129 cm³/mol. The minimum atomic E-state index is -1.17. The van der Waals surface area contributed by atoms with Gasteiger partial charge in [0.2, 0.25) is 0 Å². The molecule has 5 atom stereocenters. The lowest BCUT2D eigenvalue weighted by atomic mass is 9.85. The number of carbonyl (C=O) groups is 4. The van der Waals surface area contributed by atoms with E-state index in [-0.39, 0.29) is 22.4 Å². The molecule has 1 aliphatic heterocycles. The molecule has 2 aromatic rings. The number of hydrogen-bond acceptors (Lipinski definition) is 5. The van der Waals surface area contributed by atoms with Gasteiger partial charge in [0.05, 0.1) is 29.5 Å². The number of carbonyl (C=O) groups excluding carboxylic acids is 4. The number of hydrogen-bond donors (Lipinski definition) is 0. The summed E-state index contributed by atoms with van der Waals surface area (Å²) in [4.78, 5) is 54.4. The normalized spacial score (nSPS) is 25.1. The van der Waals surface area contributed by atoms with Crippen molar-refractivity contribution in [2.75, 3.05) is 7.11 Å². The van der Waals surface area contributed by atoms with Gasteiger partial charge in [0.15, 0.2) is 5.78 Å². The molecule has 0 unspecified atom stereocenters. The van der Waals surface area contributed by atoms with Gasteiger partial charge in [-0.2, -0.15) is 5.01 Å². The molecule has 1 heterocycles. The second kappa shape index (κ2) is 8.81. The number of Topliss-reactive ketones (excluding diaryl/α,β-unsaturated/α-hetero) is 1. The number of ether oxygens (including phenoxy) is 1. The molecule has 2 bridgehead atoms. The maximum absolute atomic E-state index is 13.8. The van der Waals surface area contributed by atoms with Crippen LogP contribution in [0.1, 0.15) is 34.1 Å². The van der Waals surface area contributed by atoms with Crippen molar-refractivity contribution in [1.82, 2.24) is 10.0 Å². The van der Waals surface area contributed by atoms with Crippen molar-refractivity contribution < 1.29 is 23.9 Å². The summed E-state index contributed by atoms with van der Waals surface area (Å²) in [6, 6.07) is 9.54. The third-order valence-corrected chi connectivity index (χ3v) is 7.70. The average Bonchev–Trinajstić information content (AvgIpc) is 3.53. The Bertz CT molecular complexity index is 1250. The highest BCUT2D eigenvalue weighted by molar-refractivity contribution is 6.36.